The van der Waals surface area contributed by atoms with Crippen molar-refractivity contribution in [2.45, 2.75) is 13.0 Å². The first-order valence-electron chi connectivity index (χ1n) is 4.20. The van der Waals surface area contributed by atoms with E-state index in [1.165, 1.54) is 12.6 Å². The van der Waals surface area contributed by atoms with Crippen molar-refractivity contribution in [2.24, 2.45) is 0 Å². The zero-order chi connectivity index (χ0) is 8.39. The second kappa shape index (κ2) is 3.11. The van der Waals surface area contributed by atoms with Crippen molar-refractivity contribution >= 4 is 0 Å². The van der Waals surface area contributed by atoms with E-state index in [4.69, 9.17) is 0 Å². The maximum atomic E-state index is 9.39. The van der Waals surface area contributed by atoms with Crippen molar-refractivity contribution in [3.8, 4) is 5.75 Å². The first kappa shape index (κ1) is 7.55. The molecule has 3 nitrogen and oxygen atoms in total. The van der Waals surface area contributed by atoms with Gasteiger partial charge in [0.05, 0.1) is 6.20 Å². The zero-order valence-corrected chi connectivity index (χ0v) is 6.90. The van der Waals surface area contributed by atoms with Crippen molar-refractivity contribution in [3.05, 3.63) is 24.0 Å². The third-order valence-electron chi connectivity index (χ3n) is 2.23. The van der Waals surface area contributed by atoms with Crippen molar-refractivity contribution in [3.63, 3.8) is 0 Å². The summed E-state index contributed by atoms with van der Waals surface area (Å²) in [4.78, 5) is 6.13. The van der Waals surface area contributed by atoms with Gasteiger partial charge in [0.2, 0.25) is 0 Å². The van der Waals surface area contributed by atoms with Crippen LogP contribution < -0.4 is 0 Å². The van der Waals surface area contributed by atoms with Gasteiger partial charge in [-0.25, -0.2) is 0 Å². The van der Waals surface area contributed by atoms with E-state index in [-0.39, 0.29) is 0 Å². The van der Waals surface area contributed by atoms with Gasteiger partial charge in [0.15, 0.2) is 0 Å². The van der Waals surface area contributed by atoms with E-state index >= 15 is 0 Å². The number of aromatic nitrogens is 1. The number of hydrogen-bond acceptors (Lipinski definition) is 3. The molecule has 1 N–H and O–H groups in total. The quantitative estimate of drug-likeness (QED) is 0.708. The number of nitrogens with zero attached hydrogens (tertiary/aromatic N) is 2. The minimum absolute atomic E-state index is 0.310. The first-order valence-corrected chi connectivity index (χ1v) is 4.20. The fourth-order valence-corrected chi connectivity index (χ4v) is 1.33. The van der Waals surface area contributed by atoms with Gasteiger partial charge in [-0.05, 0) is 25.6 Å². The lowest BCUT2D eigenvalue weighted by Gasteiger charge is -2.30. The van der Waals surface area contributed by atoms with E-state index in [9.17, 15) is 5.11 Å². The molecule has 0 saturated carbocycles. The van der Waals surface area contributed by atoms with Gasteiger partial charge in [0.1, 0.15) is 5.75 Å². The van der Waals surface area contributed by atoms with Gasteiger partial charge in [-0.3, -0.25) is 9.88 Å². The van der Waals surface area contributed by atoms with Crippen LogP contribution in [0.15, 0.2) is 18.5 Å². The van der Waals surface area contributed by atoms with Crippen molar-refractivity contribution in [1.82, 2.24) is 9.88 Å². The highest BCUT2D eigenvalue weighted by Crippen LogP contribution is 2.18. The third-order valence-corrected chi connectivity index (χ3v) is 2.23. The highest BCUT2D eigenvalue weighted by atomic mass is 16.3. The van der Waals surface area contributed by atoms with E-state index in [1.54, 1.807) is 6.20 Å². The summed E-state index contributed by atoms with van der Waals surface area (Å²) in [7, 11) is 0. The molecule has 1 aromatic heterocycles. The molecule has 2 rings (SSSR count). The van der Waals surface area contributed by atoms with E-state index in [0.717, 1.165) is 25.2 Å². The summed E-state index contributed by atoms with van der Waals surface area (Å²) < 4.78 is 0. The van der Waals surface area contributed by atoms with Crippen LogP contribution in [-0.4, -0.2) is 28.1 Å². The molecule has 1 aromatic rings. The van der Waals surface area contributed by atoms with Crippen LogP contribution in [-0.2, 0) is 6.54 Å². The minimum atomic E-state index is 0.310. The molecule has 0 aromatic carbocycles. The molecule has 2 heterocycles. The molecule has 1 aliphatic heterocycles. The summed E-state index contributed by atoms with van der Waals surface area (Å²) in [6.45, 7) is 3.16. The summed E-state index contributed by atoms with van der Waals surface area (Å²) in [5, 5.41) is 9.39. The highest BCUT2D eigenvalue weighted by Gasteiger charge is 2.14. The summed E-state index contributed by atoms with van der Waals surface area (Å²) >= 11 is 0. The van der Waals surface area contributed by atoms with Crippen LogP contribution in [0.4, 0.5) is 0 Å². The Hall–Kier alpha value is -1.09. The van der Waals surface area contributed by atoms with Crippen molar-refractivity contribution in [2.75, 3.05) is 13.1 Å². The Labute approximate surface area is 71.7 Å². The molecule has 3 heteroatoms. The van der Waals surface area contributed by atoms with Gasteiger partial charge < -0.3 is 5.11 Å². The predicted octanol–water partition coefficient (Wildman–Crippen LogP) is 0.993. The lowest BCUT2D eigenvalue weighted by atomic mass is 10.1. The minimum Gasteiger partial charge on any atom is -0.506 e. The molecule has 0 unspecified atom stereocenters. The molecule has 0 aliphatic carbocycles. The molecule has 1 aliphatic rings. The Kier molecular flexibility index (Phi) is 1.96. The summed E-state index contributed by atoms with van der Waals surface area (Å²) in [6.07, 6.45) is 4.50. The second-order valence-electron chi connectivity index (χ2n) is 3.13. The monoisotopic (exact) mass is 164 g/mol. The fourth-order valence-electron chi connectivity index (χ4n) is 1.33. The third kappa shape index (κ3) is 1.41. The van der Waals surface area contributed by atoms with E-state index in [0.29, 0.717) is 5.75 Å². The van der Waals surface area contributed by atoms with Crippen LogP contribution in [0.3, 0.4) is 0 Å². The largest absolute Gasteiger partial charge is 0.506 e. The van der Waals surface area contributed by atoms with Gasteiger partial charge in [-0.1, -0.05) is 0 Å². The molecular weight excluding hydrogens is 152 g/mol. The van der Waals surface area contributed by atoms with Crippen LogP contribution in [0, 0.1) is 0 Å². The first-order chi connectivity index (χ1) is 5.86. The molecule has 0 bridgehead atoms. The Bertz CT molecular complexity index is 271. The van der Waals surface area contributed by atoms with Crippen LogP contribution >= 0.6 is 0 Å². The molecule has 0 spiro atoms. The average Bonchev–Trinajstić information content (AvgIpc) is 2.00. The molecular formula is C9H12N2O. The standard InChI is InChI=1S/C9H12N2O/c12-9-6-10-3-2-8(9)7-11-4-1-5-11/h2-3,6,12H,1,4-5,7H2. The number of aromatic hydroxyl groups is 1. The molecule has 1 saturated heterocycles. The van der Waals surface area contributed by atoms with Crippen molar-refractivity contribution in [1.29, 1.82) is 0 Å². The zero-order valence-electron chi connectivity index (χ0n) is 6.90. The second-order valence-corrected chi connectivity index (χ2v) is 3.13. The number of rotatable bonds is 2. The van der Waals surface area contributed by atoms with Gasteiger partial charge >= 0.3 is 0 Å². The van der Waals surface area contributed by atoms with Crippen LogP contribution in [0.2, 0.25) is 0 Å². The van der Waals surface area contributed by atoms with Crippen LogP contribution in [0.1, 0.15) is 12.0 Å². The highest BCUT2D eigenvalue weighted by molar-refractivity contribution is 5.27. The number of likely N-dealkylation sites (tertiary alicyclic amines) is 1. The Morgan fingerprint density at radius 1 is 1.50 bits per heavy atom. The smallest absolute Gasteiger partial charge is 0.138 e. The Balaban J connectivity index is 2.06. The van der Waals surface area contributed by atoms with E-state index in [1.807, 2.05) is 6.07 Å². The topological polar surface area (TPSA) is 36.4 Å². The maximum Gasteiger partial charge on any atom is 0.138 e. The number of hydrogen-bond donors (Lipinski definition) is 1. The van der Waals surface area contributed by atoms with Gasteiger partial charge in [0.25, 0.3) is 0 Å². The van der Waals surface area contributed by atoms with Gasteiger partial charge in [-0.2, -0.15) is 0 Å². The summed E-state index contributed by atoms with van der Waals surface area (Å²) in [5.41, 5.74) is 0.977. The average molecular weight is 164 g/mol. The predicted molar refractivity (Wildman–Crippen MR) is 45.8 cm³/mol. The van der Waals surface area contributed by atoms with E-state index in [2.05, 4.69) is 9.88 Å². The van der Waals surface area contributed by atoms with Gasteiger partial charge in [-0.15, -0.1) is 0 Å². The van der Waals surface area contributed by atoms with Gasteiger partial charge in [0, 0.05) is 18.3 Å². The molecule has 0 radical (unpaired) electrons. The molecule has 64 valence electrons. The lowest BCUT2D eigenvalue weighted by molar-refractivity contribution is 0.171. The van der Waals surface area contributed by atoms with Crippen LogP contribution in [0.5, 0.6) is 5.75 Å². The molecule has 0 amide bonds. The number of pyridine rings is 1. The molecule has 12 heavy (non-hydrogen) atoms. The van der Waals surface area contributed by atoms with Crippen molar-refractivity contribution < 1.29 is 5.11 Å². The molecule has 1 fully saturated rings. The Morgan fingerprint density at radius 2 is 2.33 bits per heavy atom. The normalized spacial score (nSPS) is 17.3. The molecule has 0 atom stereocenters. The maximum absolute atomic E-state index is 9.39. The Morgan fingerprint density at radius 3 is 2.92 bits per heavy atom. The van der Waals surface area contributed by atoms with Crippen LogP contribution in [0.25, 0.3) is 0 Å². The summed E-state index contributed by atoms with van der Waals surface area (Å²) in [6, 6.07) is 1.87. The SMILES string of the molecule is Oc1cnccc1CN1CCC1. The fraction of sp³-hybridized carbons (Fsp3) is 0.444. The summed E-state index contributed by atoms with van der Waals surface area (Å²) in [5.74, 6) is 0.310. The lowest BCUT2D eigenvalue weighted by Crippen LogP contribution is -2.36. The van der Waals surface area contributed by atoms with E-state index < -0.39 is 0 Å².